The molecule has 0 aliphatic carbocycles. The van der Waals surface area contributed by atoms with Crippen LogP contribution in [0.1, 0.15) is 54.4 Å². The Morgan fingerprint density at radius 2 is 0.683 bits per heavy atom. The van der Waals surface area contributed by atoms with Crippen LogP contribution in [0.4, 0.5) is 34.1 Å². The number of hydrogen-bond acceptors (Lipinski definition) is 5. The predicted octanol–water partition coefficient (Wildman–Crippen LogP) is 10.7. The highest BCUT2D eigenvalue weighted by atomic mass is 16.5. The lowest BCUT2D eigenvalue weighted by Gasteiger charge is -2.17. The van der Waals surface area contributed by atoms with Gasteiger partial charge in [0.15, 0.2) is 0 Å². The van der Waals surface area contributed by atoms with Crippen LogP contribution in [-0.4, -0.2) is 12.1 Å². The van der Waals surface area contributed by atoms with E-state index in [1.807, 2.05) is 48.5 Å². The van der Waals surface area contributed by atoms with Crippen molar-refractivity contribution in [3.63, 3.8) is 0 Å². The normalized spacial score (nSPS) is 12.6. The molecule has 0 aliphatic rings. The Bertz CT molecular complexity index is 1210. The van der Waals surface area contributed by atoms with Gasteiger partial charge in [0, 0.05) is 46.2 Å². The first-order valence-corrected chi connectivity index (χ1v) is 14.9. The van der Waals surface area contributed by atoms with E-state index >= 15 is 0 Å². The number of nitrogens with one attached hydrogen (secondary N) is 4. The average molecular weight is 551 g/mol. The van der Waals surface area contributed by atoms with Gasteiger partial charge in [0.1, 0.15) is 11.5 Å². The standard InChI is InChI=1S/C36H46N4O/c1-25(2)23-27(5)37-29-7-11-31(12-8-29)39-33-15-19-35(20-16-33)41-36-21-17-34(18-22-36)40-32-13-9-30(10-14-32)38-28(6)24-26(3)4/h7-22,25-28,37-40H,23-24H2,1-6H3. The van der Waals surface area contributed by atoms with Gasteiger partial charge >= 0.3 is 0 Å². The lowest BCUT2D eigenvalue weighted by atomic mass is 10.1. The van der Waals surface area contributed by atoms with Crippen LogP contribution in [-0.2, 0) is 0 Å². The maximum Gasteiger partial charge on any atom is 0.127 e. The minimum absolute atomic E-state index is 0.456. The molecular formula is C36H46N4O. The van der Waals surface area contributed by atoms with E-state index in [0.717, 1.165) is 58.5 Å². The third-order valence-electron chi connectivity index (χ3n) is 6.77. The van der Waals surface area contributed by atoms with Crippen LogP contribution >= 0.6 is 0 Å². The summed E-state index contributed by atoms with van der Waals surface area (Å²) in [5, 5.41) is 14.1. The molecule has 0 radical (unpaired) electrons. The van der Waals surface area contributed by atoms with Crippen LogP contribution in [0.3, 0.4) is 0 Å². The van der Waals surface area contributed by atoms with Gasteiger partial charge < -0.3 is 26.0 Å². The van der Waals surface area contributed by atoms with Gasteiger partial charge in [0.25, 0.3) is 0 Å². The summed E-state index contributed by atoms with van der Waals surface area (Å²) in [6.07, 6.45) is 2.31. The molecule has 2 atom stereocenters. The first-order valence-electron chi connectivity index (χ1n) is 14.9. The largest absolute Gasteiger partial charge is 0.457 e. The fourth-order valence-corrected chi connectivity index (χ4v) is 5.08. The number of anilines is 6. The molecule has 216 valence electrons. The van der Waals surface area contributed by atoms with E-state index in [9.17, 15) is 0 Å². The predicted molar refractivity (Wildman–Crippen MR) is 177 cm³/mol. The van der Waals surface area contributed by atoms with Crippen molar-refractivity contribution < 1.29 is 4.74 Å². The van der Waals surface area contributed by atoms with Gasteiger partial charge in [-0.25, -0.2) is 0 Å². The van der Waals surface area contributed by atoms with Crippen molar-refractivity contribution in [2.45, 2.75) is 66.5 Å². The number of benzene rings is 4. The second kappa shape index (κ2) is 14.5. The van der Waals surface area contributed by atoms with Gasteiger partial charge in [-0.3, -0.25) is 0 Å². The molecule has 41 heavy (non-hydrogen) atoms. The molecule has 0 saturated heterocycles. The lowest BCUT2D eigenvalue weighted by molar-refractivity contribution is 0.483. The second-order valence-electron chi connectivity index (χ2n) is 11.9. The van der Waals surface area contributed by atoms with Gasteiger partial charge in [0.05, 0.1) is 0 Å². The highest BCUT2D eigenvalue weighted by Crippen LogP contribution is 2.27. The Balaban J connectivity index is 1.25. The average Bonchev–Trinajstić information content (AvgIpc) is 2.92. The van der Waals surface area contributed by atoms with E-state index in [0.29, 0.717) is 23.9 Å². The molecule has 0 saturated carbocycles. The van der Waals surface area contributed by atoms with Gasteiger partial charge in [-0.15, -0.1) is 0 Å². The van der Waals surface area contributed by atoms with Crippen molar-refractivity contribution in [1.29, 1.82) is 0 Å². The molecule has 0 amide bonds. The van der Waals surface area contributed by atoms with Gasteiger partial charge in [0.2, 0.25) is 0 Å². The topological polar surface area (TPSA) is 57.4 Å². The Kier molecular flexibility index (Phi) is 10.6. The number of rotatable bonds is 14. The molecule has 0 aromatic heterocycles. The molecule has 4 aromatic rings. The van der Waals surface area contributed by atoms with E-state index in [2.05, 4.69) is 111 Å². The number of hydrogen-bond donors (Lipinski definition) is 4. The maximum absolute atomic E-state index is 6.08. The zero-order chi connectivity index (χ0) is 29.2. The Hall–Kier alpha value is -4.12. The summed E-state index contributed by atoms with van der Waals surface area (Å²) in [5.41, 5.74) is 6.42. The summed E-state index contributed by atoms with van der Waals surface area (Å²) in [4.78, 5) is 0. The molecule has 4 aromatic carbocycles. The molecule has 4 N–H and O–H groups in total. The van der Waals surface area contributed by atoms with E-state index in [1.54, 1.807) is 0 Å². The Morgan fingerprint density at radius 1 is 0.415 bits per heavy atom. The summed E-state index contributed by atoms with van der Waals surface area (Å²) in [6, 6.07) is 33.9. The third-order valence-corrected chi connectivity index (χ3v) is 6.77. The summed E-state index contributed by atoms with van der Waals surface area (Å²) in [6.45, 7) is 13.5. The quantitative estimate of drug-likeness (QED) is 0.126. The first kappa shape index (κ1) is 29.9. The smallest absolute Gasteiger partial charge is 0.127 e. The van der Waals surface area contributed by atoms with Crippen LogP contribution in [0, 0.1) is 11.8 Å². The van der Waals surface area contributed by atoms with Crippen LogP contribution in [0.15, 0.2) is 97.1 Å². The molecule has 5 heteroatoms. The van der Waals surface area contributed by atoms with E-state index in [-0.39, 0.29) is 0 Å². The van der Waals surface area contributed by atoms with Crippen molar-refractivity contribution in [3.05, 3.63) is 97.1 Å². The molecule has 5 nitrogen and oxygen atoms in total. The number of ether oxygens (including phenoxy) is 1. The fraction of sp³-hybridized carbons (Fsp3) is 0.333. The van der Waals surface area contributed by atoms with Crippen molar-refractivity contribution in [2.24, 2.45) is 11.8 Å². The molecule has 0 bridgehead atoms. The van der Waals surface area contributed by atoms with Gasteiger partial charge in [-0.2, -0.15) is 0 Å². The van der Waals surface area contributed by atoms with Crippen molar-refractivity contribution in [3.8, 4) is 11.5 Å². The first-order chi connectivity index (χ1) is 19.7. The third kappa shape index (κ3) is 10.1. The minimum Gasteiger partial charge on any atom is -0.457 e. The van der Waals surface area contributed by atoms with Crippen LogP contribution < -0.4 is 26.0 Å². The van der Waals surface area contributed by atoms with Crippen molar-refractivity contribution in [2.75, 3.05) is 21.3 Å². The van der Waals surface area contributed by atoms with Crippen molar-refractivity contribution >= 4 is 34.1 Å². The highest BCUT2D eigenvalue weighted by Gasteiger charge is 2.07. The van der Waals surface area contributed by atoms with Gasteiger partial charge in [-0.05, 0) is 136 Å². The highest BCUT2D eigenvalue weighted by molar-refractivity contribution is 5.64. The van der Waals surface area contributed by atoms with E-state index in [4.69, 9.17) is 4.74 Å². The minimum atomic E-state index is 0.456. The summed E-state index contributed by atoms with van der Waals surface area (Å²) >= 11 is 0. The lowest BCUT2D eigenvalue weighted by Crippen LogP contribution is -2.17. The summed E-state index contributed by atoms with van der Waals surface area (Å²) in [7, 11) is 0. The van der Waals surface area contributed by atoms with Crippen LogP contribution in [0.2, 0.25) is 0 Å². The Labute approximate surface area is 246 Å². The zero-order valence-corrected chi connectivity index (χ0v) is 25.4. The van der Waals surface area contributed by atoms with E-state index in [1.165, 1.54) is 0 Å². The molecule has 0 heterocycles. The molecule has 0 spiro atoms. The summed E-state index contributed by atoms with van der Waals surface area (Å²) < 4.78 is 6.08. The molecular weight excluding hydrogens is 504 g/mol. The zero-order valence-electron chi connectivity index (χ0n) is 25.4. The molecule has 4 rings (SSSR count). The van der Waals surface area contributed by atoms with Crippen LogP contribution in [0.25, 0.3) is 0 Å². The van der Waals surface area contributed by atoms with E-state index < -0.39 is 0 Å². The molecule has 2 unspecified atom stereocenters. The molecule has 0 aliphatic heterocycles. The maximum atomic E-state index is 6.08. The molecule has 0 fully saturated rings. The van der Waals surface area contributed by atoms with Crippen molar-refractivity contribution in [1.82, 2.24) is 0 Å². The fourth-order valence-electron chi connectivity index (χ4n) is 5.08. The Morgan fingerprint density at radius 3 is 0.976 bits per heavy atom. The summed E-state index contributed by atoms with van der Waals surface area (Å²) in [5.74, 6) is 2.96. The SMILES string of the molecule is CC(C)CC(C)Nc1ccc(Nc2ccc(Oc3ccc(Nc4ccc(NC(C)CC(C)C)cc4)cc3)cc2)cc1. The van der Waals surface area contributed by atoms with Gasteiger partial charge in [-0.1, -0.05) is 27.7 Å². The van der Waals surface area contributed by atoms with Crippen LogP contribution in [0.5, 0.6) is 11.5 Å². The monoisotopic (exact) mass is 550 g/mol. The second-order valence-corrected chi connectivity index (χ2v) is 11.9.